The van der Waals surface area contributed by atoms with Gasteiger partial charge in [-0.05, 0) is 18.2 Å². The molecule has 0 aliphatic rings. The van der Waals surface area contributed by atoms with E-state index in [0.29, 0.717) is 5.69 Å². The summed E-state index contributed by atoms with van der Waals surface area (Å²) in [4.78, 5) is 11.6. The number of hydrogen-bond donors (Lipinski definition) is 2. The van der Waals surface area contributed by atoms with Crippen LogP contribution in [0.4, 0.5) is 18.9 Å². The SMILES string of the molecule is Cl.Nc1ccc(C(=O)NCCOCC(F)(F)F)c(Cl)c1. The number of amides is 1. The molecule has 20 heavy (non-hydrogen) atoms. The van der Waals surface area contributed by atoms with Crippen LogP contribution in [0, 0.1) is 0 Å². The molecule has 0 saturated heterocycles. The lowest BCUT2D eigenvalue weighted by molar-refractivity contribution is -0.173. The summed E-state index contributed by atoms with van der Waals surface area (Å²) >= 11 is 5.80. The monoisotopic (exact) mass is 332 g/mol. The Morgan fingerprint density at radius 3 is 2.60 bits per heavy atom. The third-order valence-corrected chi connectivity index (χ3v) is 2.35. The highest BCUT2D eigenvalue weighted by Gasteiger charge is 2.27. The van der Waals surface area contributed by atoms with Gasteiger partial charge in [-0.3, -0.25) is 4.79 Å². The molecule has 0 atom stereocenters. The maximum atomic E-state index is 11.8. The Hall–Kier alpha value is -1.18. The lowest BCUT2D eigenvalue weighted by Crippen LogP contribution is -2.29. The molecule has 0 aliphatic carbocycles. The van der Waals surface area contributed by atoms with Crippen molar-refractivity contribution in [3.63, 3.8) is 0 Å². The number of halogens is 5. The molecule has 3 N–H and O–H groups in total. The zero-order chi connectivity index (χ0) is 14.5. The number of carbonyl (C=O) groups is 1. The van der Waals surface area contributed by atoms with Crippen molar-refractivity contribution in [2.45, 2.75) is 6.18 Å². The number of carbonyl (C=O) groups excluding carboxylic acids is 1. The number of nitrogens with two attached hydrogens (primary N) is 1. The highest BCUT2D eigenvalue weighted by molar-refractivity contribution is 6.34. The van der Waals surface area contributed by atoms with Gasteiger partial charge in [0.15, 0.2) is 0 Å². The van der Waals surface area contributed by atoms with Crippen LogP contribution in [0.3, 0.4) is 0 Å². The van der Waals surface area contributed by atoms with Crippen LogP contribution in [0.2, 0.25) is 5.02 Å². The minimum atomic E-state index is -4.37. The Kier molecular flexibility index (Phi) is 7.70. The van der Waals surface area contributed by atoms with Crippen molar-refractivity contribution < 1.29 is 22.7 Å². The highest BCUT2D eigenvalue weighted by Crippen LogP contribution is 2.18. The number of rotatable bonds is 5. The topological polar surface area (TPSA) is 64.4 Å². The molecule has 0 radical (unpaired) electrons. The summed E-state index contributed by atoms with van der Waals surface area (Å²) in [6, 6.07) is 4.35. The molecule has 4 nitrogen and oxygen atoms in total. The van der Waals surface area contributed by atoms with E-state index in [1.165, 1.54) is 18.2 Å². The average Bonchev–Trinajstić information content (AvgIpc) is 2.26. The van der Waals surface area contributed by atoms with E-state index in [9.17, 15) is 18.0 Å². The fraction of sp³-hybridized carbons (Fsp3) is 0.364. The summed E-state index contributed by atoms with van der Waals surface area (Å²) in [7, 11) is 0. The number of hydrogen-bond acceptors (Lipinski definition) is 3. The molecule has 1 amide bonds. The Morgan fingerprint density at radius 1 is 1.40 bits per heavy atom. The standard InChI is InChI=1S/C11H12ClF3N2O2.ClH/c12-9-5-7(16)1-2-8(9)10(18)17-3-4-19-6-11(13,14)15;/h1-2,5H,3-4,6,16H2,(H,17,18);1H. The normalized spacial score (nSPS) is 10.8. The van der Waals surface area contributed by atoms with Crippen LogP contribution in [-0.2, 0) is 4.74 Å². The fourth-order valence-corrected chi connectivity index (χ4v) is 1.51. The molecule has 0 unspecified atom stereocenters. The van der Waals surface area contributed by atoms with Gasteiger partial charge in [-0.1, -0.05) is 11.6 Å². The summed E-state index contributed by atoms with van der Waals surface area (Å²) in [6.45, 7) is -1.63. The van der Waals surface area contributed by atoms with Crippen molar-refractivity contribution in [1.29, 1.82) is 0 Å². The first kappa shape index (κ1) is 18.8. The van der Waals surface area contributed by atoms with Crippen molar-refractivity contribution in [3.05, 3.63) is 28.8 Å². The number of anilines is 1. The molecule has 0 bridgehead atoms. The second-order valence-electron chi connectivity index (χ2n) is 3.66. The molecule has 0 aromatic heterocycles. The Bertz CT molecular complexity index is 456. The van der Waals surface area contributed by atoms with Gasteiger partial charge in [-0.15, -0.1) is 12.4 Å². The number of benzene rings is 1. The van der Waals surface area contributed by atoms with Crippen LogP contribution in [0.1, 0.15) is 10.4 Å². The summed E-state index contributed by atoms with van der Waals surface area (Å²) in [6.07, 6.45) is -4.37. The van der Waals surface area contributed by atoms with E-state index in [4.69, 9.17) is 17.3 Å². The molecule has 0 fully saturated rings. The minimum absolute atomic E-state index is 0. The van der Waals surface area contributed by atoms with Crippen LogP contribution in [-0.4, -0.2) is 31.8 Å². The molecule has 0 heterocycles. The van der Waals surface area contributed by atoms with Gasteiger partial charge in [0, 0.05) is 12.2 Å². The molecule has 1 aromatic carbocycles. The van der Waals surface area contributed by atoms with Gasteiger partial charge < -0.3 is 15.8 Å². The van der Waals surface area contributed by atoms with E-state index < -0.39 is 18.7 Å². The van der Waals surface area contributed by atoms with E-state index in [1.54, 1.807) is 0 Å². The predicted octanol–water partition coefficient (Wildman–Crippen LogP) is 2.65. The third-order valence-electron chi connectivity index (χ3n) is 2.04. The van der Waals surface area contributed by atoms with Crippen LogP contribution in [0.5, 0.6) is 0 Å². The van der Waals surface area contributed by atoms with Crippen LogP contribution < -0.4 is 11.1 Å². The lowest BCUT2D eigenvalue weighted by Gasteiger charge is -2.09. The van der Waals surface area contributed by atoms with Crippen LogP contribution in [0.25, 0.3) is 0 Å². The molecular weight excluding hydrogens is 320 g/mol. The van der Waals surface area contributed by atoms with E-state index >= 15 is 0 Å². The van der Waals surface area contributed by atoms with E-state index in [1.807, 2.05) is 0 Å². The van der Waals surface area contributed by atoms with Crippen LogP contribution >= 0.6 is 24.0 Å². The first-order valence-corrected chi connectivity index (χ1v) is 5.65. The molecule has 0 aliphatic heterocycles. The maximum Gasteiger partial charge on any atom is 0.411 e. The van der Waals surface area contributed by atoms with Crippen molar-refractivity contribution in [1.82, 2.24) is 5.32 Å². The number of nitrogens with one attached hydrogen (secondary N) is 1. The van der Waals surface area contributed by atoms with Gasteiger partial charge in [0.25, 0.3) is 5.91 Å². The lowest BCUT2D eigenvalue weighted by atomic mass is 10.2. The Balaban J connectivity index is 0.00000361. The fourth-order valence-electron chi connectivity index (χ4n) is 1.24. The van der Waals surface area contributed by atoms with E-state index in [-0.39, 0.29) is 36.1 Å². The molecule has 0 saturated carbocycles. The van der Waals surface area contributed by atoms with Crippen molar-refractivity contribution in [3.8, 4) is 0 Å². The first-order chi connectivity index (χ1) is 8.79. The van der Waals surface area contributed by atoms with Gasteiger partial charge in [-0.25, -0.2) is 0 Å². The third kappa shape index (κ3) is 6.83. The van der Waals surface area contributed by atoms with E-state index in [0.717, 1.165) is 0 Å². The zero-order valence-corrected chi connectivity index (χ0v) is 11.7. The Morgan fingerprint density at radius 2 is 2.05 bits per heavy atom. The van der Waals surface area contributed by atoms with Gasteiger partial charge in [0.2, 0.25) is 0 Å². The number of nitrogen functional groups attached to an aromatic ring is 1. The summed E-state index contributed by atoms with van der Waals surface area (Å²) < 4.78 is 39.6. The van der Waals surface area contributed by atoms with Gasteiger partial charge in [-0.2, -0.15) is 13.2 Å². The summed E-state index contributed by atoms with van der Waals surface area (Å²) in [5, 5.41) is 2.56. The molecule has 9 heteroatoms. The number of alkyl halides is 3. The van der Waals surface area contributed by atoms with Crippen molar-refractivity contribution in [2.75, 3.05) is 25.5 Å². The molecule has 114 valence electrons. The van der Waals surface area contributed by atoms with Crippen molar-refractivity contribution >= 4 is 35.6 Å². The molecule has 1 rings (SSSR count). The van der Waals surface area contributed by atoms with Crippen molar-refractivity contribution in [2.24, 2.45) is 0 Å². The summed E-state index contributed by atoms with van der Waals surface area (Å²) in [5.74, 6) is -0.499. The average molecular weight is 333 g/mol. The summed E-state index contributed by atoms with van der Waals surface area (Å²) in [5.41, 5.74) is 6.08. The van der Waals surface area contributed by atoms with Gasteiger partial charge >= 0.3 is 6.18 Å². The van der Waals surface area contributed by atoms with Gasteiger partial charge in [0.1, 0.15) is 6.61 Å². The number of ether oxygens (including phenoxy) is 1. The minimum Gasteiger partial charge on any atom is -0.399 e. The van der Waals surface area contributed by atoms with Gasteiger partial charge in [0.05, 0.1) is 17.2 Å². The molecule has 0 spiro atoms. The maximum absolute atomic E-state index is 11.8. The molecule has 1 aromatic rings. The quantitative estimate of drug-likeness (QED) is 0.643. The highest BCUT2D eigenvalue weighted by atomic mass is 35.5. The smallest absolute Gasteiger partial charge is 0.399 e. The second kappa shape index (κ2) is 8.18. The van der Waals surface area contributed by atoms with E-state index in [2.05, 4.69) is 10.1 Å². The second-order valence-corrected chi connectivity index (χ2v) is 4.07. The van der Waals surface area contributed by atoms with Crippen LogP contribution in [0.15, 0.2) is 18.2 Å². The first-order valence-electron chi connectivity index (χ1n) is 5.27. The predicted molar refractivity (Wildman–Crippen MR) is 72.3 cm³/mol. The Labute approximate surface area is 124 Å². The largest absolute Gasteiger partial charge is 0.411 e. The zero-order valence-electron chi connectivity index (χ0n) is 10.2. The molecular formula is C11H13Cl2F3N2O2.